The van der Waals surface area contributed by atoms with E-state index < -0.39 is 10.0 Å². The predicted octanol–water partition coefficient (Wildman–Crippen LogP) is 3.18. The maximum Gasteiger partial charge on any atom is 0.252 e. The van der Waals surface area contributed by atoms with Gasteiger partial charge in [0.2, 0.25) is 5.91 Å². The molecular formula is C19H30ClN3O3S2. The van der Waals surface area contributed by atoms with Gasteiger partial charge in [0.1, 0.15) is 4.21 Å². The molecule has 3 rings (SSSR count). The number of thiophene rings is 1. The number of hydrogen-bond acceptors (Lipinski definition) is 5. The maximum absolute atomic E-state index is 12.6. The second-order valence-corrected chi connectivity index (χ2v) is 11.7. The molecule has 28 heavy (non-hydrogen) atoms. The number of carbonyl (C=O) groups is 1. The fourth-order valence-corrected chi connectivity index (χ4v) is 7.14. The first-order valence-corrected chi connectivity index (χ1v) is 12.8. The van der Waals surface area contributed by atoms with Gasteiger partial charge in [-0.3, -0.25) is 4.79 Å². The number of hydrogen-bond donors (Lipinski definition) is 1. The van der Waals surface area contributed by atoms with E-state index in [1.807, 2.05) is 0 Å². The Bertz CT molecular complexity index is 754. The van der Waals surface area contributed by atoms with E-state index in [9.17, 15) is 13.2 Å². The first-order valence-electron chi connectivity index (χ1n) is 10.1. The molecule has 0 bridgehead atoms. The van der Waals surface area contributed by atoms with Crippen molar-refractivity contribution in [1.29, 1.82) is 0 Å². The molecule has 2 fully saturated rings. The number of piperidine rings is 1. The Balaban J connectivity index is 1.37. The molecule has 0 radical (unpaired) electrons. The monoisotopic (exact) mass is 447 g/mol. The van der Waals surface area contributed by atoms with Crippen LogP contribution in [0.5, 0.6) is 0 Å². The molecule has 2 saturated heterocycles. The van der Waals surface area contributed by atoms with Gasteiger partial charge in [-0.2, -0.15) is 4.31 Å². The van der Waals surface area contributed by atoms with Crippen molar-refractivity contribution in [2.24, 2.45) is 5.92 Å². The molecule has 0 saturated carbocycles. The number of nitrogens with one attached hydrogen (secondary N) is 1. The topological polar surface area (TPSA) is 69.7 Å². The lowest BCUT2D eigenvalue weighted by atomic mass is 9.94. The minimum atomic E-state index is -3.46. The molecule has 3 heterocycles. The Morgan fingerprint density at radius 2 is 1.93 bits per heavy atom. The normalized spacial score (nSPS) is 21.1. The summed E-state index contributed by atoms with van der Waals surface area (Å²) in [5.74, 6) is 0.328. The lowest BCUT2D eigenvalue weighted by Gasteiger charge is -2.30. The Labute approximate surface area is 177 Å². The fourth-order valence-electron chi connectivity index (χ4n) is 4.04. The molecule has 6 nitrogen and oxygen atoms in total. The summed E-state index contributed by atoms with van der Waals surface area (Å²) in [6.45, 7) is 6.21. The van der Waals surface area contributed by atoms with Gasteiger partial charge < -0.3 is 10.2 Å². The van der Waals surface area contributed by atoms with Gasteiger partial charge in [0.25, 0.3) is 10.0 Å². The molecule has 1 amide bonds. The van der Waals surface area contributed by atoms with Crippen LogP contribution in [0.25, 0.3) is 0 Å². The van der Waals surface area contributed by atoms with Crippen molar-refractivity contribution in [2.45, 2.75) is 55.7 Å². The standard InChI is InChI=1S/C19H30ClN3O3S2/c1-15(22-10-2-3-11-22)6-9-21-18(24)14-16-7-12-23(13-8-16)28(25,26)19-5-4-17(20)27-19/h4-5,15-16H,2-3,6-14H2,1H3,(H,21,24)/t15-/m1/s1. The highest BCUT2D eigenvalue weighted by atomic mass is 35.5. The van der Waals surface area contributed by atoms with Gasteiger partial charge in [-0.25, -0.2) is 8.42 Å². The van der Waals surface area contributed by atoms with E-state index in [1.165, 1.54) is 30.2 Å². The van der Waals surface area contributed by atoms with Gasteiger partial charge in [0.05, 0.1) is 4.34 Å². The minimum Gasteiger partial charge on any atom is -0.356 e. The van der Waals surface area contributed by atoms with Crippen molar-refractivity contribution in [3.8, 4) is 0 Å². The lowest BCUT2D eigenvalue weighted by molar-refractivity contribution is -0.122. The Hall–Kier alpha value is -0.670. The number of rotatable bonds is 8. The van der Waals surface area contributed by atoms with Crippen LogP contribution in [-0.2, 0) is 14.8 Å². The van der Waals surface area contributed by atoms with Gasteiger partial charge in [0, 0.05) is 32.1 Å². The molecule has 0 spiro atoms. The van der Waals surface area contributed by atoms with Crippen LogP contribution >= 0.6 is 22.9 Å². The molecular weight excluding hydrogens is 418 g/mol. The zero-order valence-corrected chi connectivity index (χ0v) is 18.8. The number of carbonyl (C=O) groups excluding carboxylic acids is 1. The molecule has 0 unspecified atom stereocenters. The third-order valence-corrected chi connectivity index (χ3v) is 9.44. The summed E-state index contributed by atoms with van der Waals surface area (Å²) in [6, 6.07) is 3.69. The number of nitrogens with zero attached hydrogens (tertiary/aromatic N) is 2. The number of likely N-dealkylation sites (tertiary alicyclic amines) is 1. The van der Waals surface area contributed by atoms with Crippen LogP contribution in [0, 0.1) is 5.92 Å². The Morgan fingerprint density at radius 1 is 1.25 bits per heavy atom. The lowest BCUT2D eigenvalue weighted by Crippen LogP contribution is -2.39. The highest BCUT2D eigenvalue weighted by Gasteiger charge is 2.31. The molecule has 1 aromatic rings. The predicted molar refractivity (Wildman–Crippen MR) is 113 cm³/mol. The minimum absolute atomic E-state index is 0.0833. The van der Waals surface area contributed by atoms with E-state index >= 15 is 0 Å². The Morgan fingerprint density at radius 3 is 2.54 bits per heavy atom. The SMILES string of the molecule is C[C@H](CCNC(=O)CC1CCN(S(=O)(=O)c2ccc(Cl)s2)CC1)N1CCCC1. The van der Waals surface area contributed by atoms with Crippen LogP contribution in [0.4, 0.5) is 0 Å². The number of sulfonamides is 1. The van der Waals surface area contributed by atoms with Gasteiger partial charge in [-0.05, 0) is 70.2 Å². The summed E-state index contributed by atoms with van der Waals surface area (Å²) in [5.41, 5.74) is 0. The Kier molecular flexibility index (Phi) is 7.78. The summed E-state index contributed by atoms with van der Waals surface area (Å²) in [6.07, 6.45) is 5.46. The zero-order chi connectivity index (χ0) is 20.1. The van der Waals surface area contributed by atoms with Gasteiger partial charge >= 0.3 is 0 Å². The first kappa shape index (κ1) is 22.0. The number of halogens is 1. The van der Waals surface area contributed by atoms with Crippen LogP contribution in [0.2, 0.25) is 4.34 Å². The molecule has 0 aromatic carbocycles. The van der Waals surface area contributed by atoms with Crippen molar-refractivity contribution < 1.29 is 13.2 Å². The van der Waals surface area contributed by atoms with Crippen LogP contribution in [-0.4, -0.2) is 62.3 Å². The second-order valence-electron chi connectivity index (χ2n) is 7.84. The largest absolute Gasteiger partial charge is 0.356 e. The maximum atomic E-state index is 12.6. The van der Waals surface area contributed by atoms with E-state index in [-0.39, 0.29) is 11.8 Å². The second kappa shape index (κ2) is 9.89. The third kappa shape index (κ3) is 5.69. The fraction of sp³-hybridized carbons (Fsp3) is 0.737. The third-order valence-electron chi connectivity index (χ3n) is 5.84. The summed E-state index contributed by atoms with van der Waals surface area (Å²) in [5, 5.41) is 3.04. The molecule has 1 aromatic heterocycles. The quantitative estimate of drug-likeness (QED) is 0.664. The van der Waals surface area contributed by atoms with E-state index in [0.29, 0.717) is 40.6 Å². The molecule has 1 N–H and O–H groups in total. The van der Waals surface area contributed by atoms with Gasteiger partial charge in [-0.15, -0.1) is 11.3 Å². The van der Waals surface area contributed by atoms with Crippen molar-refractivity contribution >= 4 is 38.9 Å². The van der Waals surface area contributed by atoms with E-state index in [2.05, 4.69) is 17.1 Å². The van der Waals surface area contributed by atoms with Crippen molar-refractivity contribution in [1.82, 2.24) is 14.5 Å². The molecule has 9 heteroatoms. The average Bonchev–Trinajstić information content (AvgIpc) is 3.34. The highest BCUT2D eigenvalue weighted by Crippen LogP contribution is 2.31. The summed E-state index contributed by atoms with van der Waals surface area (Å²) in [4.78, 5) is 14.7. The van der Waals surface area contributed by atoms with Crippen LogP contribution < -0.4 is 5.32 Å². The smallest absolute Gasteiger partial charge is 0.252 e. The number of amides is 1. The van der Waals surface area contributed by atoms with E-state index in [1.54, 1.807) is 12.1 Å². The first-order chi connectivity index (χ1) is 13.4. The molecule has 0 aliphatic carbocycles. The van der Waals surface area contributed by atoms with Crippen molar-refractivity contribution in [3.05, 3.63) is 16.5 Å². The molecule has 2 aliphatic heterocycles. The van der Waals surface area contributed by atoms with Crippen LogP contribution in [0.1, 0.15) is 45.4 Å². The van der Waals surface area contributed by atoms with Crippen LogP contribution in [0.3, 0.4) is 0 Å². The zero-order valence-electron chi connectivity index (χ0n) is 16.4. The van der Waals surface area contributed by atoms with Crippen molar-refractivity contribution in [3.63, 3.8) is 0 Å². The van der Waals surface area contributed by atoms with Crippen molar-refractivity contribution in [2.75, 3.05) is 32.7 Å². The average molecular weight is 448 g/mol. The molecule has 158 valence electrons. The molecule has 1 atom stereocenters. The van der Waals surface area contributed by atoms with Gasteiger partial charge in [0.15, 0.2) is 0 Å². The van der Waals surface area contributed by atoms with E-state index in [0.717, 1.165) is 30.6 Å². The van der Waals surface area contributed by atoms with Gasteiger partial charge in [-0.1, -0.05) is 11.6 Å². The molecule has 2 aliphatic rings. The summed E-state index contributed by atoms with van der Waals surface area (Å²) in [7, 11) is -3.46. The van der Waals surface area contributed by atoms with Crippen LogP contribution in [0.15, 0.2) is 16.3 Å². The highest BCUT2D eigenvalue weighted by molar-refractivity contribution is 7.91. The van der Waals surface area contributed by atoms with E-state index in [4.69, 9.17) is 11.6 Å². The summed E-state index contributed by atoms with van der Waals surface area (Å²) >= 11 is 6.96. The summed E-state index contributed by atoms with van der Waals surface area (Å²) < 4.78 is 27.6.